The van der Waals surface area contributed by atoms with Crippen LogP contribution in [0.5, 0.6) is 0 Å². The average molecular weight is 264 g/mol. The van der Waals surface area contributed by atoms with Crippen molar-refractivity contribution in [2.24, 2.45) is 11.8 Å². The SMILES string of the molecule is CN(CC1CCCC1)CC1CCC2CCCCC2N1. The molecule has 2 aliphatic carbocycles. The van der Waals surface area contributed by atoms with E-state index < -0.39 is 0 Å². The number of nitrogens with one attached hydrogen (secondary N) is 1. The van der Waals surface area contributed by atoms with Gasteiger partial charge in [-0.25, -0.2) is 0 Å². The van der Waals surface area contributed by atoms with Crippen molar-refractivity contribution in [3.63, 3.8) is 0 Å². The van der Waals surface area contributed by atoms with Crippen LogP contribution in [-0.4, -0.2) is 37.1 Å². The Labute approximate surface area is 119 Å². The van der Waals surface area contributed by atoms with E-state index in [-0.39, 0.29) is 0 Å². The molecule has 3 fully saturated rings. The Bertz CT molecular complexity index is 272. The molecule has 2 heteroatoms. The first-order chi connectivity index (χ1) is 9.31. The predicted octanol–water partition coefficient (Wildman–Crippen LogP) is 3.42. The molecule has 0 aromatic rings. The molecule has 1 aliphatic heterocycles. The average Bonchev–Trinajstić information content (AvgIpc) is 2.91. The van der Waals surface area contributed by atoms with E-state index in [1.807, 2.05) is 0 Å². The standard InChI is InChI=1S/C17H32N2/c1-19(12-14-6-2-3-7-14)13-16-11-10-15-8-4-5-9-17(15)18-16/h14-18H,2-13H2,1H3. The Kier molecular flexibility index (Phi) is 4.81. The predicted molar refractivity (Wildman–Crippen MR) is 81.4 cm³/mol. The summed E-state index contributed by atoms with van der Waals surface area (Å²) in [5.41, 5.74) is 0. The van der Waals surface area contributed by atoms with Crippen molar-refractivity contribution in [1.82, 2.24) is 10.2 Å². The number of nitrogens with zero attached hydrogens (tertiary/aromatic N) is 1. The summed E-state index contributed by atoms with van der Waals surface area (Å²) in [6.45, 7) is 2.62. The zero-order valence-corrected chi connectivity index (χ0v) is 12.7. The monoisotopic (exact) mass is 264 g/mol. The van der Waals surface area contributed by atoms with Gasteiger partial charge in [-0.2, -0.15) is 0 Å². The van der Waals surface area contributed by atoms with Crippen LogP contribution < -0.4 is 5.32 Å². The molecule has 0 aromatic heterocycles. The lowest BCUT2D eigenvalue weighted by Gasteiger charge is -2.41. The molecule has 0 amide bonds. The van der Waals surface area contributed by atoms with E-state index in [9.17, 15) is 0 Å². The summed E-state index contributed by atoms with van der Waals surface area (Å²) in [6.07, 6.45) is 14.7. The van der Waals surface area contributed by atoms with Crippen molar-refractivity contribution in [3.8, 4) is 0 Å². The van der Waals surface area contributed by atoms with E-state index in [1.165, 1.54) is 77.3 Å². The van der Waals surface area contributed by atoms with E-state index in [4.69, 9.17) is 0 Å². The van der Waals surface area contributed by atoms with Gasteiger partial charge in [0.2, 0.25) is 0 Å². The quantitative estimate of drug-likeness (QED) is 0.837. The van der Waals surface area contributed by atoms with Gasteiger partial charge in [0, 0.05) is 25.2 Å². The molecule has 0 radical (unpaired) electrons. The van der Waals surface area contributed by atoms with Gasteiger partial charge in [0.05, 0.1) is 0 Å². The van der Waals surface area contributed by atoms with Crippen LogP contribution >= 0.6 is 0 Å². The van der Waals surface area contributed by atoms with E-state index in [1.54, 1.807) is 0 Å². The highest BCUT2D eigenvalue weighted by molar-refractivity contribution is 4.90. The topological polar surface area (TPSA) is 15.3 Å². The number of rotatable bonds is 4. The summed E-state index contributed by atoms with van der Waals surface area (Å²) in [7, 11) is 2.34. The maximum Gasteiger partial charge on any atom is 0.0197 e. The number of piperidine rings is 1. The molecule has 0 bridgehead atoms. The second kappa shape index (κ2) is 6.58. The third-order valence-electron chi connectivity index (χ3n) is 5.82. The largest absolute Gasteiger partial charge is 0.310 e. The lowest BCUT2D eigenvalue weighted by Crippen LogP contribution is -2.52. The van der Waals surface area contributed by atoms with Gasteiger partial charge in [0.25, 0.3) is 0 Å². The first kappa shape index (κ1) is 13.9. The molecular weight excluding hydrogens is 232 g/mol. The molecule has 2 nitrogen and oxygen atoms in total. The van der Waals surface area contributed by atoms with E-state index in [0.717, 1.165) is 23.9 Å². The molecule has 19 heavy (non-hydrogen) atoms. The van der Waals surface area contributed by atoms with E-state index in [2.05, 4.69) is 17.3 Å². The fourth-order valence-electron chi connectivity index (χ4n) is 4.80. The Morgan fingerprint density at radius 3 is 2.42 bits per heavy atom. The van der Waals surface area contributed by atoms with Crippen LogP contribution in [0.25, 0.3) is 0 Å². The van der Waals surface area contributed by atoms with Crippen LogP contribution in [0, 0.1) is 11.8 Å². The molecule has 2 saturated carbocycles. The smallest absolute Gasteiger partial charge is 0.0197 e. The van der Waals surface area contributed by atoms with E-state index in [0.29, 0.717) is 0 Å². The summed E-state index contributed by atoms with van der Waals surface area (Å²) in [4.78, 5) is 2.61. The zero-order chi connectivity index (χ0) is 13.1. The van der Waals surface area contributed by atoms with Crippen LogP contribution in [0.1, 0.15) is 64.2 Å². The highest BCUT2D eigenvalue weighted by Gasteiger charge is 2.32. The Morgan fingerprint density at radius 1 is 0.842 bits per heavy atom. The molecule has 1 heterocycles. The van der Waals surface area contributed by atoms with Gasteiger partial charge < -0.3 is 10.2 Å². The first-order valence-corrected chi connectivity index (χ1v) is 8.76. The summed E-state index contributed by atoms with van der Waals surface area (Å²) < 4.78 is 0. The second-order valence-electron chi connectivity index (χ2n) is 7.46. The summed E-state index contributed by atoms with van der Waals surface area (Å²) in [5.74, 6) is 2.00. The summed E-state index contributed by atoms with van der Waals surface area (Å²) in [5, 5.41) is 3.97. The van der Waals surface area contributed by atoms with E-state index >= 15 is 0 Å². The van der Waals surface area contributed by atoms with Gasteiger partial charge in [-0.3, -0.25) is 0 Å². The molecule has 1 N–H and O–H groups in total. The third-order valence-corrected chi connectivity index (χ3v) is 5.82. The van der Waals surface area contributed by atoms with Gasteiger partial charge in [0.15, 0.2) is 0 Å². The minimum absolute atomic E-state index is 0.769. The molecule has 3 aliphatic rings. The maximum atomic E-state index is 3.97. The lowest BCUT2D eigenvalue weighted by atomic mass is 9.78. The van der Waals surface area contributed by atoms with Crippen LogP contribution in [0.2, 0.25) is 0 Å². The number of fused-ring (bicyclic) bond motifs is 1. The van der Waals surface area contributed by atoms with Crippen molar-refractivity contribution in [1.29, 1.82) is 0 Å². The van der Waals surface area contributed by atoms with Gasteiger partial charge >= 0.3 is 0 Å². The Morgan fingerprint density at radius 2 is 1.58 bits per heavy atom. The van der Waals surface area contributed by atoms with Gasteiger partial charge in [-0.15, -0.1) is 0 Å². The molecule has 110 valence electrons. The lowest BCUT2D eigenvalue weighted by molar-refractivity contribution is 0.147. The van der Waals surface area contributed by atoms with Crippen molar-refractivity contribution in [2.75, 3.05) is 20.1 Å². The van der Waals surface area contributed by atoms with Crippen molar-refractivity contribution >= 4 is 0 Å². The molecule has 3 atom stereocenters. The normalized spacial score (nSPS) is 36.6. The highest BCUT2D eigenvalue weighted by atomic mass is 15.1. The number of hydrogen-bond donors (Lipinski definition) is 1. The minimum atomic E-state index is 0.769. The summed E-state index contributed by atoms with van der Waals surface area (Å²) >= 11 is 0. The van der Waals surface area contributed by atoms with Crippen LogP contribution in [0.15, 0.2) is 0 Å². The highest BCUT2D eigenvalue weighted by Crippen LogP contribution is 2.32. The summed E-state index contributed by atoms with van der Waals surface area (Å²) in [6, 6.07) is 1.62. The molecular formula is C17H32N2. The van der Waals surface area contributed by atoms with Crippen molar-refractivity contribution in [2.45, 2.75) is 76.3 Å². The molecule has 3 unspecified atom stereocenters. The van der Waals surface area contributed by atoms with Gasteiger partial charge in [-0.1, -0.05) is 25.7 Å². The fourth-order valence-corrected chi connectivity index (χ4v) is 4.80. The first-order valence-electron chi connectivity index (χ1n) is 8.76. The fraction of sp³-hybridized carbons (Fsp3) is 1.00. The molecule has 0 aromatic carbocycles. The van der Waals surface area contributed by atoms with Crippen LogP contribution in [0.3, 0.4) is 0 Å². The maximum absolute atomic E-state index is 3.97. The second-order valence-corrected chi connectivity index (χ2v) is 7.46. The number of likely N-dealkylation sites (N-methyl/N-ethyl adjacent to an activating group) is 1. The molecule has 0 spiro atoms. The van der Waals surface area contributed by atoms with Crippen molar-refractivity contribution in [3.05, 3.63) is 0 Å². The van der Waals surface area contributed by atoms with Gasteiger partial charge in [0.1, 0.15) is 0 Å². The zero-order valence-electron chi connectivity index (χ0n) is 12.7. The van der Waals surface area contributed by atoms with Crippen LogP contribution in [0.4, 0.5) is 0 Å². The Balaban J connectivity index is 1.42. The number of hydrogen-bond acceptors (Lipinski definition) is 2. The Hall–Kier alpha value is -0.0800. The third kappa shape index (κ3) is 3.72. The molecule has 1 saturated heterocycles. The van der Waals surface area contributed by atoms with Crippen molar-refractivity contribution < 1.29 is 0 Å². The minimum Gasteiger partial charge on any atom is -0.310 e. The molecule has 3 rings (SSSR count). The van der Waals surface area contributed by atoms with Crippen LogP contribution in [-0.2, 0) is 0 Å². The van der Waals surface area contributed by atoms with Gasteiger partial charge in [-0.05, 0) is 57.4 Å².